The van der Waals surface area contributed by atoms with Gasteiger partial charge in [-0.2, -0.15) is 0 Å². The molecule has 0 spiro atoms. The summed E-state index contributed by atoms with van der Waals surface area (Å²) >= 11 is 0. The van der Waals surface area contributed by atoms with Crippen LogP contribution in [0.3, 0.4) is 0 Å². The summed E-state index contributed by atoms with van der Waals surface area (Å²) in [4.78, 5) is 0. The van der Waals surface area contributed by atoms with E-state index in [1.54, 1.807) is 0 Å². The molecule has 0 aliphatic heterocycles. The van der Waals surface area contributed by atoms with E-state index in [0.717, 1.165) is 71.0 Å². The molecule has 0 radical (unpaired) electrons. The van der Waals surface area contributed by atoms with Crippen LogP contribution < -0.4 is 17.2 Å². The molecule has 0 aromatic carbocycles. The smallest absolute Gasteiger partial charge is 0.0638 e. The van der Waals surface area contributed by atoms with Crippen molar-refractivity contribution >= 4 is 0 Å². The minimum absolute atomic E-state index is 0.0366. The topological polar surface area (TPSA) is 126 Å². The molecule has 216 valence electrons. The molecule has 7 N–H and O–H groups in total. The lowest BCUT2D eigenvalue weighted by molar-refractivity contribution is -0.229. The van der Waals surface area contributed by atoms with E-state index in [9.17, 15) is 5.11 Å². The van der Waals surface area contributed by atoms with Crippen LogP contribution in [-0.4, -0.2) is 69.0 Å². The highest BCUT2D eigenvalue weighted by atomic mass is 16.5. The van der Waals surface area contributed by atoms with E-state index in [1.807, 2.05) is 6.92 Å². The fraction of sp³-hybridized carbons (Fsp3) is 1.00. The fourth-order valence-corrected chi connectivity index (χ4v) is 9.46. The molecule has 0 saturated heterocycles. The first-order valence-corrected chi connectivity index (χ1v) is 15.4. The van der Waals surface area contributed by atoms with Gasteiger partial charge < -0.3 is 36.5 Å². The van der Waals surface area contributed by atoms with Crippen LogP contribution in [0.1, 0.15) is 85.0 Å². The van der Waals surface area contributed by atoms with Crippen molar-refractivity contribution < 1.29 is 19.3 Å². The number of aliphatic hydroxyl groups is 1. The van der Waals surface area contributed by atoms with Gasteiger partial charge in [0.15, 0.2) is 0 Å². The lowest BCUT2D eigenvalue weighted by Gasteiger charge is -2.64. The molecule has 11 unspecified atom stereocenters. The maximum Gasteiger partial charge on any atom is 0.0638 e. The molecule has 11 atom stereocenters. The Kier molecular flexibility index (Phi) is 10.4. The van der Waals surface area contributed by atoms with Gasteiger partial charge in [0.05, 0.1) is 24.4 Å². The number of ether oxygens (including phenoxy) is 3. The van der Waals surface area contributed by atoms with E-state index < -0.39 is 0 Å². The van der Waals surface area contributed by atoms with Crippen LogP contribution in [0, 0.1) is 40.4 Å². The third kappa shape index (κ3) is 5.79. The van der Waals surface area contributed by atoms with Crippen molar-refractivity contribution in [1.82, 2.24) is 0 Å². The van der Waals surface area contributed by atoms with Gasteiger partial charge in [0.1, 0.15) is 0 Å². The van der Waals surface area contributed by atoms with Crippen molar-refractivity contribution in [2.45, 2.75) is 109 Å². The normalized spacial score (nSPS) is 44.2. The minimum atomic E-state index is -0.322. The van der Waals surface area contributed by atoms with Crippen molar-refractivity contribution in [3.8, 4) is 0 Å². The molecule has 7 nitrogen and oxygen atoms in total. The largest absolute Gasteiger partial charge is 0.393 e. The second-order valence-electron chi connectivity index (χ2n) is 13.2. The summed E-state index contributed by atoms with van der Waals surface area (Å²) in [5, 5.41) is 10.9. The van der Waals surface area contributed by atoms with Gasteiger partial charge in [-0.1, -0.05) is 13.8 Å². The third-order valence-corrected chi connectivity index (χ3v) is 11.4. The van der Waals surface area contributed by atoms with Gasteiger partial charge in [-0.25, -0.2) is 0 Å². The second kappa shape index (κ2) is 12.9. The highest BCUT2D eigenvalue weighted by Crippen LogP contribution is 2.68. The standard InChI is InChI=1S/C30H57N3O4/c1-20(34)23-7-8-24-28-25(19-27(30(23,24)3)37-16-6-13-33)29(2)10-9-22(35-14-4-11-31)17-21(29)18-26(28)36-15-5-12-32/h20-28,34H,4-19,31-33H2,1-3H3. The molecule has 0 bridgehead atoms. The average molecular weight is 524 g/mol. The van der Waals surface area contributed by atoms with Crippen molar-refractivity contribution in [1.29, 1.82) is 0 Å². The van der Waals surface area contributed by atoms with Crippen LogP contribution in [0.25, 0.3) is 0 Å². The zero-order valence-corrected chi connectivity index (χ0v) is 23.9. The molecule has 0 amide bonds. The molecule has 0 aromatic heterocycles. The Labute approximate surface area is 225 Å². The molecular weight excluding hydrogens is 466 g/mol. The van der Waals surface area contributed by atoms with Crippen molar-refractivity contribution in [2.24, 2.45) is 57.6 Å². The first-order chi connectivity index (χ1) is 17.8. The van der Waals surface area contributed by atoms with Crippen molar-refractivity contribution in [3.63, 3.8) is 0 Å². The van der Waals surface area contributed by atoms with Gasteiger partial charge in [0, 0.05) is 25.2 Å². The lowest BCUT2D eigenvalue weighted by atomic mass is 9.43. The van der Waals surface area contributed by atoms with Gasteiger partial charge in [0.2, 0.25) is 0 Å². The first kappa shape index (κ1) is 29.7. The molecule has 4 aliphatic rings. The predicted octanol–water partition coefficient (Wildman–Crippen LogP) is 3.45. The fourth-order valence-electron chi connectivity index (χ4n) is 9.46. The van der Waals surface area contributed by atoms with Gasteiger partial charge in [-0.05, 0) is 126 Å². The SMILES string of the molecule is CC(O)C1CCC2C3C(OCCCN)CC4CC(OCCCN)CCC4(C)C3CC(OCCCN)C12C. The van der Waals surface area contributed by atoms with Crippen LogP contribution in [0.4, 0.5) is 0 Å². The van der Waals surface area contributed by atoms with Gasteiger partial charge in [-0.15, -0.1) is 0 Å². The quantitative estimate of drug-likeness (QED) is 0.272. The summed E-state index contributed by atoms with van der Waals surface area (Å²) in [6.07, 6.45) is 11.0. The highest BCUT2D eigenvalue weighted by molar-refractivity contribution is 5.15. The zero-order chi connectivity index (χ0) is 26.6. The van der Waals surface area contributed by atoms with Crippen LogP contribution in [-0.2, 0) is 14.2 Å². The van der Waals surface area contributed by atoms with Crippen LogP contribution in [0.2, 0.25) is 0 Å². The number of hydrogen-bond donors (Lipinski definition) is 4. The molecule has 7 heteroatoms. The zero-order valence-electron chi connectivity index (χ0n) is 23.9. The Hall–Kier alpha value is -0.280. The number of rotatable bonds is 13. The van der Waals surface area contributed by atoms with Gasteiger partial charge in [0.25, 0.3) is 0 Å². The minimum Gasteiger partial charge on any atom is -0.393 e. The van der Waals surface area contributed by atoms with E-state index in [4.69, 9.17) is 31.4 Å². The number of aliphatic hydroxyl groups excluding tert-OH is 1. The van der Waals surface area contributed by atoms with Crippen LogP contribution in [0.15, 0.2) is 0 Å². The molecule has 0 heterocycles. The second-order valence-corrected chi connectivity index (χ2v) is 13.2. The Morgan fingerprint density at radius 3 is 2.11 bits per heavy atom. The number of nitrogens with two attached hydrogens (primary N) is 3. The van der Waals surface area contributed by atoms with Crippen molar-refractivity contribution in [3.05, 3.63) is 0 Å². The molecule has 37 heavy (non-hydrogen) atoms. The molecule has 4 aliphatic carbocycles. The predicted molar refractivity (Wildman–Crippen MR) is 148 cm³/mol. The first-order valence-electron chi connectivity index (χ1n) is 15.4. The summed E-state index contributed by atoms with van der Waals surface area (Å²) in [5.41, 5.74) is 17.6. The molecule has 4 fully saturated rings. The van der Waals surface area contributed by atoms with E-state index in [1.165, 1.54) is 6.42 Å². The van der Waals surface area contributed by atoms with E-state index >= 15 is 0 Å². The van der Waals surface area contributed by atoms with Crippen LogP contribution >= 0.6 is 0 Å². The Morgan fingerprint density at radius 1 is 0.811 bits per heavy atom. The van der Waals surface area contributed by atoms with Crippen LogP contribution in [0.5, 0.6) is 0 Å². The number of fused-ring (bicyclic) bond motifs is 5. The number of hydrogen-bond acceptors (Lipinski definition) is 7. The van der Waals surface area contributed by atoms with Gasteiger partial charge in [-0.3, -0.25) is 0 Å². The average Bonchev–Trinajstić information content (AvgIpc) is 3.23. The van der Waals surface area contributed by atoms with Gasteiger partial charge >= 0.3 is 0 Å². The maximum atomic E-state index is 10.9. The summed E-state index contributed by atoms with van der Waals surface area (Å²) < 4.78 is 19.8. The highest BCUT2D eigenvalue weighted by Gasteiger charge is 2.66. The molecule has 4 saturated carbocycles. The monoisotopic (exact) mass is 523 g/mol. The van der Waals surface area contributed by atoms with E-state index in [-0.39, 0.29) is 35.1 Å². The lowest BCUT2D eigenvalue weighted by Crippen LogP contribution is -2.63. The Morgan fingerprint density at radius 2 is 1.46 bits per heavy atom. The summed E-state index contributed by atoms with van der Waals surface area (Å²) in [5.74, 6) is 2.44. The van der Waals surface area contributed by atoms with E-state index in [2.05, 4.69) is 13.8 Å². The molecular formula is C30H57N3O4. The summed E-state index contributed by atoms with van der Waals surface area (Å²) in [6, 6.07) is 0. The third-order valence-electron chi connectivity index (χ3n) is 11.4. The Bertz CT molecular complexity index is 710. The molecule has 4 rings (SSSR count). The summed E-state index contributed by atoms with van der Waals surface area (Å²) in [6.45, 7) is 11.2. The Balaban J connectivity index is 1.63. The maximum absolute atomic E-state index is 10.9. The molecule has 0 aromatic rings. The van der Waals surface area contributed by atoms with E-state index in [0.29, 0.717) is 56.0 Å². The summed E-state index contributed by atoms with van der Waals surface area (Å²) in [7, 11) is 0. The van der Waals surface area contributed by atoms with Crippen molar-refractivity contribution in [2.75, 3.05) is 39.5 Å².